The zero-order valence-corrected chi connectivity index (χ0v) is 15.2. The van der Waals surface area contributed by atoms with Gasteiger partial charge in [0.05, 0.1) is 6.26 Å². The molecule has 0 spiro atoms. The number of benzene rings is 1. The van der Waals surface area contributed by atoms with Gasteiger partial charge >= 0.3 is 12.1 Å². The number of hydrogen-bond acceptors (Lipinski definition) is 7. The molecule has 0 bridgehead atoms. The Kier molecular flexibility index (Phi) is 6.25. The summed E-state index contributed by atoms with van der Waals surface area (Å²) in [4.78, 5) is 24.1. The van der Waals surface area contributed by atoms with Crippen LogP contribution in [0.5, 0.6) is 0 Å². The molecule has 0 atom stereocenters. The summed E-state index contributed by atoms with van der Waals surface area (Å²) in [7, 11) is 0. The van der Waals surface area contributed by atoms with Gasteiger partial charge in [-0.3, -0.25) is 4.79 Å². The smallest absolute Gasteiger partial charge is 0.405 e. The molecule has 0 radical (unpaired) electrons. The predicted octanol–water partition coefficient (Wildman–Crippen LogP) is 2.15. The molecule has 156 valence electrons. The van der Waals surface area contributed by atoms with Crippen LogP contribution in [0.3, 0.4) is 0 Å². The lowest BCUT2D eigenvalue weighted by Gasteiger charge is -2.11. The van der Waals surface area contributed by atoms with Crippen LogP contribution in [-0.4, -0.2) is 51.4 Å². The van der Waals surface area contributed by atoms with Gasteiger partial charge in [-0.05, 0) is 22.6 Å². The highest BCUT2D eigenvalue weighted by molar-refractivity contribution is 6.15. The Morgan fingerprint density at radius 2 is 1.93 bits per heavy atom. The third-order valence-corrected chi connectivity index (χ3v) is 3.58. The summed E-state index contributed by atoms with van der Waals surface area (Å²) in [5.74, 6) is -1.69. The maximum Gasteiger partial charge on any atom is 0.405 e. The zero-order chi connectivity index (χ0) is 21.6. The van der Waals surface area contributed by atoms with Crippen molar-refractivity contribution in [3.63, 3.8) is 0 Å². The average Bonchev–Trinajstić information content (AvgIpc) is 3.40. The van der Waals surface area contributed by atoms with Crippen molar-refractivity contribution in [1.82, 2.24) is 25.5 Å². The first-order valence-corrected chi connectivity index (χ1v) is 8.43. The number of esters is 1. The quantitative estimate of drug-likeness (QED) is 0.460. The van der Waals surface area contributed by atoms with Crippen molar-refractivity contribution in [2.75, 3.05) is 13.2 Å². The van der Waals surface area contributed by atoms with Crippen molar-refractivity contribution in [3.05, 3.63) is 54.5 Å². The second kappa shape index (κ2) is 9.03. The predicted molar refractivity (Wildman–Crippen MR) is 96.2 cm³/mol. The summed E-state index contributed by atoms with van der Waals surface area (Å²) in [5, 5.41) is 12.8. The molecule has 12 heteroatoms. The van der Waals surface area contributed by atoms with Gasteiger partial charge in [0.25, 0.3) is 5.91 Å². The lowest BCUT2D eigenvalue weighted by molar-refractivity contribution is -0.147. The van der Waals surface area contributed by atoms with E-state index in [1.165, 1.54) is 12.3 Å². The van der Waals surface area contributed by atoms with E-state index < -0.39 is 31.2 Å². The van der Waals surface area contributed by atoms with Gasteiger partial charge in [-0.2, -0.15) is 17.9 Å². The van der Waals surface area contributed by atoms with E-state index in [1.807, 2.05) is 0 Å². The van der Waals surface area contributed by atoms with Crippen molar-refractivity contribution in [1.29, 1.82) is 0 Å². The molecule has 0 unspecified atom stereocenters. The van der Waals surface area contributed by atoms with Gasteiger partial charge in [-0.25, -0.2) is 4.79 Å². The molecule has 30 heavy (non-hydrogen) atoms. The Labute approximate surface area is 167 Å². The number of tetrazole rings is 1. The minimum atomic E-state index is -4.58. The summed E-state index contributed by atoms with van der Waals surface area (Å²) in [5.41, 5.74) is 0.376. The third kappa shape index (κ3) is 5.53. The van der Waals surface area contributed by atoms with Gasteiger partial charge in [0.2, 0.25) is 0 Å². The van der Waals surface area contributed by atoms with Crippen molar-refractivity contribution in [2.24, 2.45) is 0 Å². The highest BCUT2D eigenvalue weighted by atomic mass is 19.4. The van der Waals surface area contributed by atoms with Gasteiger partial charge in [0.1, 0.15) is 12.3 Å². The first-order valence-electron chi connectivity index (χ1n) is 8.43. The van der Waals surface area contributed by atoms with Gasteiger partial charge in [0, 0.05) is 11.6 Å². The highest BCUT2D eigenvalue weighted by Crippen LogP contribution is 2.21. The summed E-state index contributed by atoms with van der Waals surface area (Å²) in [6.45, 7) is -2.46. The molecular weight excluding hydrogens is 407 g/mol. The van der Waals surface area contributed by atoms with E-state index in [9.17, 15) is 22.8 Å². The fourth-order valence-electron chi connectivity index (χ4n) is 2.29. The van der Waals surface area contributed by atoms with Gasteiger partial charge < -0.3 is 14.5 Å². The molecule has 1 N–H and O–H groups in total. The fraction of sp³-hybridized carbons (Fsp3) is 0.167. The van der Waals surface area contributed by atoms with E-state index in [0.717, 1.165) is 4.68 Å². The SMILES string of the molecule is O=C(COC(=O)/C(=C\c1ccco1)n1nnnc1-c1ccccc1)NCC(F)(F)F. The second-order valence-corrected chi connectivity index (χ2v) is 5.79. The van der Waals surface area contributed by atoms with E-state index in [2.05, 4.69) is 15.5 Å². The summed E-state index contributed by atoms with van der Waals surface area (Å²) in [6, 6.07) is 11.8. The lowest BCUT2D eigenvalue weighted by atomic mass is 10.2. The molecule has 3 rings (SSSR count). The highest BCUT2D eigenvalue weighted by Gasteiger charge is 2.28. The molecule has 0 saturated heterocycles. The number of halogens is 3. The Morgan fingerprint density at radius 1 is 1.17 bits per heavy atom. The zero-order valence-electron chi connectivity index (χ0n) is 15.2. The van der Waals surface area contributed by atoms with Gasteiger partial charge in [-0.1, -0.05) is 30.3 Å². The molecule has 0 fully saturated rings. The molecule has 0 aliphatic carbocycles. The topological polar surface area (TPSA) is 112 Å². The van der Waals surface area contributed by atoms with E-state index >= 15 is 0 Å². The molecule has 2 aromatic heterocycles. The van der Waals surface area contributed by atoms with Crippen molar-refractivity contribution in [3.8, 4) is 11.4 Å². The Hall–Kier alpha value is -3.96. The summed E-state index contributed by atoms with van der Waals surface area (Å²) < 4.78 is 47.7. The van der Waals surface area contributed by atoms with Crippen LogP contribution >= 0.6 is 0 Å². The van der Waals surface area contributed by atoms with Crippen LogP contribution in [0.1, 0.15) is 5.76 Å². The number of amides is 1. The average molecular weight is 421 g/mol. The van der Waals surface area contributed by atoms with Crippen LogP contribution in [0.4, 0.5) is 13.2 Å². The molecule has 1 amide bonds. The van der Waals surface area contributed by atoms with Crippen LogP contribution < -0.4 is 5.32 Å². The van der Waals surface area contributed by atoms with Crippen LogP contribution in [0, 0.1) is 0 Å². The number of alkyl halides is 3. The van der Waals surface area contributed by atoms with Crippen molar-refractivity contribution < 1.29 is 31.9 Å². The molecule has 2 heterocycles. The van der Waals surface area contributed by atoms with Gasteiger partial charge in [0.15, 0.2) is 18.1 Å². The van der Waals surface area contributed by atoms with E-state index in [-0.39, 0.29) is 17.3 Å². The molecule has 1 aromatic carbocycles. The van der Waals surface area contributed by atoms with Crippen molar-refractivity contribution >= 4 is 23.6 Å². The van der Waals surface area contributed by atoms with Gasteiger partial charge in [-0.15, -0.1) is 5.10 Å². The fourth-order valence-corrected chi connectivity index (χ4v) is 2.29. The third-order valence-electron chi connectivity index (χ3n) is 3.58. The van der Waals surface area contributed by atoms with Crippen LogP contribution in [0.15, 0.2) is 53.1 Å². The first-order chi connectivity index (χ1) is 14.3. The van der Waals surface area contributed by atoms with Crippen LogP contribution in [0.25, 0.3) is 23.2 Å². The van der Waals surface area contributed by atoms with E-state index in [1.54, 1.807) is 47.8 Å². The molecule has 0 saturated carbocycles. The largest absolute Gasteiger partial charge is 0.465 e. The summed E-state index contributed by atoms with van der Waals surface area (Å²) >= 11 is 0. The monoisotopic (exact) mass is 421 g/mol. The standard InChI is InChI=1S/C18H14F3N5O4/c19-18(20,21)11-22-15(27)10-30-17(28)14(9-13-7-4-8-29-13)26-16(23-24-25-26)12-5-2-1-3-6-12/h1-9H,10-11H2,(H,22,27)/b14-9+. The number of nitrogens with one attached hydrogen (secondary N) is 1. The summed E-state index contributed by atoms with van der Waals surface area (Å²) in [6.07, 6.45) is -1.93. The minimum absolute atomic E-state index is 0.201. The second-order valence-electron chi connectivity index (χ2n) is 5.79. The number of ether oxygens (including phenoxy) is 1. The number of furan rings is 1. The number of hydrogen-bond donors (Lipinski definition) is 1. The maximum absolute atomic E-state index is 12.6. The van der Waals surface area contributed by atoms with E-state index in [0.29, 0.717) is 5.56 Å². The normalized spacial score (nSPS) is 11.9. The number of aromatic nitrogens is 4. The molecular formula is C18H14F3N5O4. The Morgan fingerprint density at radius 3 is 2.60 bits per heavy atom. The number of nitrogens with zero attached hydrogens (tertiary/aromatic N) is 4. The molecule has 0 aliphatic heterocycles. The van der Waals surface area contributed by atoms with E-state index in [4.69, 9.17) is 9.15 Å². The maximum atomic E-state index is 12.6. The first kappa shape index (κ1) is 20.8. The molecule has 3 aromatic rings. The minimum Gasteiger partial charge on any atom is -0.465 e. The molecule has 0 aliphatic rings. The number of carbonyl (C=O) groups is 2. The van der Waals surface area contributed by atoms with Crippen LogP contribution in [0.2, 0.25) is 0 Å². The Bertz CT molecular complexity index is 1030. The van der Waals surface area contributed by atoms with Crippen molar-refractivity contribution in [2.45, 2.75) is 6.18 Å². The Balaban J connectivity index is 1.82. The lowest BCUT2D eigenvalue weighted by Crippen LogP contribution is -2.36. The number of carbonyl (C=O) groups excluding carboxylic acids is 2. The van der Waals surface area contributed by atoms with Crippen LogP contribution in [-0.2, 0) is 14.3 Å². The number of rotatable bonds is 7. The molecule has 9 nitrogen and oxygen atoms in total.